The highest BCUT2D eigenvalue weighted by Crippen LogP contribution is 2.33. The van der Waals surface area contributed by atoms with Crippen molar-refractivity contribution in [3.05, 3.63) is 77.6 Å². The van der Waals surface area contributed by atoms with E-state index in [2.05, 4.69) is 36.8 Å². The number of aromatic amines is 1. The third kappa shape index (κ3) is 4.57. The Morgan fingerprint density at radius 2 is 1.88 bits per heavy atom. The molecule has 3 aromatic rings. The van der Waals surface area contributed by atoms with Crippen LogP contribution in [0.2, 0.25) is 0 Å². The van der Waals surface area contributed by atoms with Gasteiger partial charge in [0.05, 0.1) is 16.8 Å². The van der Waals surface area contributed by atoms with Crippen LogP contribution in [0.5, 0.6) is 0 Å². The zero-order valence-corrected chi connectivity index (χ0v) is 20.0. The largest absolute Gasteiger partial charge is 0.481 e. The van der Waals surface area contributed by atoms with Crippen molar-refractivity contribution in [1.82, 2.24) is 14.5 Å². The number of nitrogens with zero attached hydrogens (tertiary/aromatic N) is 2. The summed E-state index contributed by atoms with van der Waals surface area (Å²) in [7, 11) is 0. The summed E-state index contributed by atoms with van der Waals surface area (Å²) < 4.78 is 15.7. The number of piperidine rings is 1. The number of hydrogen-bond acceptors (Lipinski definition) is 4. The Morgan fingerprint density at radius 1 is 1.16 bits per heavy atom. The quantitative estimate of drug-likeness (QED) is 0.491. The Kier molecular flexibility index (Phi) is 6.64. The van der Waals surface area contributed by atoms with Gasteiger partial charge in [-0.25, -0.2) is 9.18 Å². The number of carbonyl (C=O) groups is 1. The van der Waals surface area contributed by atoms with Crippen LogP contribution < -0.4 is 11.2 Å². The smallest absolute Gasteiger partial charge is 0.328 e. The van der Waals surface area contributed by atoms with Crippen molar-refractivity contribution in [2.45, 2.75) is 18.9 Å². The van der Waals surface area contributed by atoms with Crippen molar-refractivity contribution < 1.29 is 14.3 Å². The van der Waals surface area contributed by atoms with E-state index >= 15 is 0 Å². The molecule has 1 fully saturated rings. The van der Waals surface area contributed by atoms with E-state index in [-0.39, 0.29) is 24.8 Å². The zero-order valence-electron chi connectivity index (χ0n) is 16.9. The van der Waals surface area contributed by atoms with Crippen LogP contribution in [0.3, 0.4) is 0 Å². The Labute approximate surface area is 199 Å². The molecular weight excluding hydrogens is 549 g/mol. The third-order valence-electron chi connectivity index (χ3n) is 5.96. The van der Waals surface area contributed by atoms with Crippen molar-refractivity contribution in [2.75, 3.05) is 19.6 Å². The van der Waals surface area contributed by atoms with E-state index < -0.39 is 23.1 Å². The van der Waals surface area contributed by atoms with Gasteiger partial charge in [-0.05, 0) is 64.6 Å². The molecule has 1 aliphatic heterocycles. The molecule has 0 bridgehead atoms. The van der Waals surface area contributed by atoms with Crippen LogP contribution in [-0.4, -0.2) is 45.2 Å². The Balaban J connectivity index is 1.53. The van der Waals surface area contributed by atoms with E-state index in [1.165, 1.54) is 12.1 Å². The summed E-state index contributed by atoms with van der Waals surface area (Å²) in [6.07, 6.45) is 0.589. The van der Waals surface area contributed by atoms with Crippen LogP contribution >= 0.6 is 31.9 Å². The van der Waals surface area contributed by atoms with Crippen molar-refractivity contribution in [3.8, 4) is 0 Å². The minimum atomic E-state index is -0.917. The summed E-state index contributed by atoms with van der Waals surface area (Å²) in [6, 6.07) is 9.36. The fourth-order valence-corrected chi connectivity index (χ4v) is 5.63. The first kappa shape index (κ1) is 22.9. The SMILES string of the molecule is O=C(O)C1CN(CCn2c(=O)[nH]c3c(Br)cc(Br)cc3c2=O)CCC1c1ccc(F)cc1. The predicted molar refractivity (Wildman–Crippen MR) is 126 cm³/mol. The number of carboxylic acid groups (broad SMARTS) is 1. The second-order valence-electron chi connectivity index (χ2n) is 7.89. The summed E-state index contributed by atoms with van der Waals surface area (Å²) in [5.41, 5.74) is 0.325. The van der Waals surface area contributed by atoms with E-state index in [0.29, 0.717) is 39.4 Å². The van der Waals surface area contributed by atoms with Crippen LogP contribution in [0.15, 0.2) is 54.9 Å². The molecule has 7 nitrogen and oxygen atoms in total. The second-order valence-corrected chi connectivity index (χ2v) is 9.66. The lowest BCUT2D eigenvalue weighted by Crippen LogP contribution is -2.46. The summed E-state index contributed by atoms with van der Waals surface area (Å²) in [4.78, 5) is 42.1. The number of nitrogens with one attached hydrogen (secondary N) is 1. The molecule has 32 heavy (non-hydrogen) atoms. The lowest BCUT2D eigenvalue weighted by atomic mass is 9.80. The highest BCUT2D eigenvalue weighted by molar-refractivity contribution is 9.11. The predicted octanol–water partition coefficient (Wildman–Crippen LogP) is 3.54. The molecule has 10 heteroatoms. The minimum Gasteiger partial charge on any atom is -0.481 e. The zero-order chi connectivity index (χ0) is 23.0. The number of halogens is 3. The number of benzene rings is 2. The van der Waals surface area contributed by atoms with Gasteiger partial charge in [-0.2, -0.15) is 0 Å². The topological polar surface area (TPSA) is 95.4 Å². The molecule has 1 saturated heterocycles. The standard InChI is InChI=1S/C22H20Br2FN3O4/c23-13-9-16-19(18(24)10-13)26-22(32)28(20(16)29)8-7-27-6-5-15(17(11-27)21(30)31)12-1-3-14(25)4-2-12/h1-4,9-10,15,17H,5-8,11H2,(H,26,32)(H,30,31). The molecular formula is C22H20Br2FN3O4. The molecule has 0 radical (unpaired) electrons. The van der Waals surface area contributed by atoms with Gasteiger partial charge >= 0.3 is 11.7 Å². The molecule has 168 valence electrons. The molecule has 2 N–H and O–H groups in total. The van der Waals surface area contributed by atoms with Crippen LogP contribution in [0.25, 0.3) is 10.9 Å². The number of aliphatic carboxylic acids is 1. The van der Waals surface area contributed by atoms with Crippen LogP contribution in [0.1, 0.15) is 17.9 Å². The normalized spacial score (nSPS) is 19.3. The van der Waals surface area contributed by atoms with Crippen molar-refractivity contribution in [2.24, 2.45) is 5.92 Å². The van der Waals surface area contributed by atoms with E-state index in [4.69, 9.17) is 0 Å². The Hall–Kier alpha value is -2.30. The molecule has 2 unspecified atom stereocenters. The highest BCUT2D eigenvalue weighted by atomic mass is 79.9. The molecule has 0 aliphatic carbocycles. The van der Waals surface area contributed by atoms with Gasteiger partial charge in [-0.15, -0.1) is 0 Å². The van der Waals surface area contributed by atoms with E-state index in [1.54, 1.807) is 24.3 Å². The maximum Gasteiger partial charge on any atom is 0.328 e. The molecule has 0 amide bonds. The minimum absolute atomic E-state index is 0.141. The summed E-state index contributed by atoms with van der Waals surface area (Å²) in [6.45, 7) is 1.41. The second kappa shape index (κ2) is 9.29. The third-order valence-corrected chi connectivity index (χ3v) is 7.04. The highest BCUT2D eigenvalue weighted by Gasteiger charge is 2.35. The van der Waals surface area contributed by atoms with Crippen LogP contribution in [0.4, 0.5) is 4.39 Å². The maximum absolute atomic E-state index is 13.3. The number of hydrogen-bond donors (Lipinski definition) is 2. The van der Waals surface area contributed by atoms with Crippen molar-refractivity contribution in [1.29, 1.82) is 0 Å². The lowest BCUT2D eigenvalue weighted by molar-refractivity contribution is -0.144. The van der Waals surface area contributed by atoms with Gasteiger partial charge in [0.15, 0.2) is 0 Å². The van der Waals surface area contributed by atoms with Crippen LogP contribution in [0, 0.1) is 11.7 Å². The number of likely N-dealkylation sites (tertiary alicyclic amines) is 1. The summed E-state index contributed by atoms with van der Waals surface area (Å²) in [5.74, 6) is -2.15. The van der Waals surface area contributed by atoms with Gasteiger partial charge in [-0.1, -0.05) is 28.1 Å². The molecule has 2 heterocycles. The number of aromatic nitrogens is 2. The van der Waals surface area contributed by atoms with Gasteiger partial charge < -0.3 is 15.0 Å². The van der Waals surface area contributed by atoms with Gasteiger partial charge in [0.1, 0.15) is 5.82 Å². The average Bonchev–Trinajstić information content (AvgIpc) is 2.75. The monoisotopic (exact) mass is 567 g/mol. The maximum atomic E-state index is 13.3. The number of carboxylic acids is 1. The van der Waals surface area contributed by atoms with Crippen LogP contribution in [-0.2, 0) is 11.3 Å². The first-order valence-electron chi connectivity index (χ1n) is 10.1. The fourth-order valence-electron chi connectivity index (χ4n) is 4.31. The molecule has 1 aromatic heterocycles. The first-order chi connectivity index (χ1) is 15.2. The number of fused-ring (bicyclic) bond motifs is 1. The molecule has 2 aromatic carbocycles. The Bertz CT molecular complexity index is 1290. The molecule has 4 rings (SSSR count). The molecule has 1 aliphatic rings. The van der Waals surface area contributed by atoms with E-state index in [9.17, 15) is 23.9 Å². The van der Waals surface area contributed by atoms with E-state index in [1.807, 2.05) is 4.90 Å². The lowest BCUT2D eigenvalue weighted by Gasteiger charge is -2.36. The summed E-state index contributed by atoms with van der Waals surface area (Å²) >= 11 is 6.71. The molecule has 0 spiro atoms. The number of rotatable bonds is 5. The molecule has 0 saturated carbocycles. The number of H-pyrrole nitrogens is 1. The fraction of sp³-hybridized carbons (Fsp3) is 0.318. The van der Waals surface area contributed by atoms with Crippen molar-refractivity contribution in [3.63, 3.8) is 0 Å². The van der Waals surface area contributed by atoms with Gasteiger partial charge in [0, 0.05) is 28.6 Å². The van der Waals surface area contributed by atoms with Gasteiger partial charge in [0.25, 0.3) is 5.56 Å². The van der Waals surface area contributed by atoms with E-state index in [0.717, 1.165) is 10.1 Å². The van der Waals surface area contributed by atoms with Gasteiger partial charge in [-0.3, -0.25) is 14.2 Å². The summed E-state index contributed by atoms with van der Waals surface area (Å²) in [5, 5.41) is 10.1. The first-order valence-corrected chi connectivity index (χ1v) is 11.7. The van der Waals surface area contributed by atoms with Crippen molar-refractivity contribution >= 4 is 48.7 Å². The van der Waals surface area contributed by atoms with Gasteiger partial charge in [0.2, 0.25) is 0 Å². The average molecular weight is 569 g/mol. The Morgan fingerprint density at radius 3 is 2.56 bits per heavy atom. The molecule has 2 atom stereocenters.